The topological polar surface area (TPSA) is 99.5 Å². The zero-order valence-corrected chi connectivity index (χ0v) is 10.2. The molecule has 3 heterocycles. The second-order valence-corrected chi connectivity index (χ2v) is 5.45. The van der Waals surface area contributed by atoms with Crippen molar-refractivity contribution in [1.82, 2.24) is 9.80 Å². The lowest BCUT2D eigenvalue weighted by atomic mass is 9.89. The molecule has 4 unspecified atom stereocenters. The summed E-state index contributed by atoms with van der Waals surface area (Å²) in [6.45, 7) is 0. The van der Waals surface area contributed by atoms with E-state index in [1.807, 2.05) is 0 Å². The molecule has 3 fully saturated rings. The van der Waals surface area contributed by atoms with Gasteiger partial charge in [-0.15, -0.1) is 0 Å². The number of carbonyl (C=O) groups is 4. The van der Waals surface area contributed by atoms with E-state index in [1.54, 1.807) is 0 Å². The van der Waals surface area contributed by atoms with Crippen LogP contribution in [0.1, 0.15) is 0 Å². The Kier molecular flexibility index (Phi) is 1.55. The second-order valence-electron chi connectivity index (χ2n) is 5.45. The van der Waals surface area contributed by atoms with Gasteiger partial charge in [-0.25, -0.2) is 0 Å². The lowest BCUT2D eigenvalue weighted by Crippen LogP contribution is -2.42. The third-order valence-corrected chi connectivity index (χ3v) is 4.76. The van der Waals surface area contributed by atoms with Gasteiger partial charge in [-0.05, 0) is 0 Å². The molecule has 0 aromatic heterocycles. The van der Waals surface area contributed by atoms with Gasteiger partial charge >= 0.3 is 0 Å². The van der Waals surface area contributed by atoms with E-state index in [0.717, 1.165) is 9.80 Å². The van der Waals surface area contributed by atoms with Crippen molar-refractivity contribution in [2.75, 3.05) is 14.1 Å². The van der Waals surface area contributed by atoms with Crippen molar-refractivity contribution < 1.29 is 19.2 Å². The van der Waals surface area contributed by atoms with Crippen LogP contribution in [0, 0.1) is 17.8 Å². The second kappa shape index (κ2) is 2.73. The first-order chi connectivity index (χ1) is 8.93. The highest BCUT2D eigenvalue weighted by Crippen LogP contribution is 2.67. The summed E-state index contributed by atoms with van der Waals surface area (Å²) in [6, 6.07) is -0.853. The van der Waals surface area contributed by atoms with Crippen LogP contribution in [0.2, 0.25) is 0 Å². The molecular weight excluding hydrogens is 252 g/mol. The van der Waals surface area contributed by atoms with Gasteiger partial charge in [0.1, 0.15) is 11.5 Å². The number of amides is 4. The molecule has 98 valence electrons. The minimum Gasteiger partial charge on any atom is -0.285 e. The minimum atomic E-state index is -1.08. The molecule has 1 aliphatic carbocycles. The average molecular weight is 262 g/mol. The first-order valence-electron chi connectivity index (χ1n) is 5.97. The number of likely N-dealkylation sites (tertiary alicyclic amines) is 2. The lowest BCUT2D eigenvalue weighted by molar-refractivity contribution is -0.141. The Hall–Kier alpha value is -2.12. The highest BCUT2D eigenvalue weighted by atomic mass is 16.2. The van der Waals surface area contributed by atoms with Crippen LogP contribution >= 0.6 is 0 Å². The summed E-state index contributed by atoms with van der Waals surface area (Å²) in [5.41, 5.74) is -1.08. The lowest BCUT2D eigenvalue weighted by Gasteiger charge is -2.19. The minimum absolute atomic E-state index is 0.329. The molecule has 4 aliphatic rings. The van der Waals surface area contributed by atoms with E-state index in [9.17, 15) is 19.2 Å². The van der Waals surface area contributed by atoms with Gasteiger partial charge in [0.15, 0.2) is 6.04 Å². The molecule has 8 nitrogen and oxygen atoms in total. The summed E-state index contributed by atoms with van der Waals surface area (Å²) in [5.74, 6) is -3.47. The summed E-state index contributed by atoms with van der Waals surface area (Å²) in [6.07, 6.45) is 0. The number of nitrogens with zero attached hydrogens (tertiary/aromatic N) is 4. The molecule has 4 atom stereocenters. The molecule has 3 aliphatic heterocycles. The van der Waals surface area contributed by atoms with Gasteiger partial charge in [-0.1, -0.05) is 0 Å². The molecule has 0 aromatic rings. The maximum Gasteiger partial charge on any atom is 0.256 e. The highest BCUT2D eigenvalue weighted by Gasteiger charge is 2.85. The maximum absolute atomic E-state index is 12.1. The summed E-state index contributed by atoms with van der Waals surface area (Å²) in [4.78, 5) is 50.0. The van der Waals surface area contributed by atoms with Crippen molar-refractivity contribution in [2.24, 2.45) is 28.0 Å². The molecule has 8 heteroatoms. The van der Waals surface area contributed by atoms with E-state index in [0.29, 0.717) is 0 Å². The SMILES string of the molecule is CN1C(=O)C2N=NC3(C2C1=O)C1C(=O)N(C)C(=O)C13. The van der Waals surface area contributed by atoms with E-state index in [4.69, 9.17) is 0 Å². The van der Waals surface area contributed by atoms with Crippen LogP contribution in [0.4, 0.5) is 0 Å². The summed E-state index contributed by atoms with van der Waals surface area (Å²) in [7, 11) is 2.81. The Balaban J connectivity index is 1.80. The van der Waals surface area contributed by atoms with Crippen molar-refractivity contribution in [2.45, 2.75) is 11.6 Å². The predicted molar refractivity (Wildman–Crippen MR) is 57.4 cm³/mol. The molecular formula is C11H10N4O4. The molecule has 0 radical (unpaired) electrons. The van der Waals surface area contributed by atoms with Crippen molar-refractivity contribution in [3.63, 3.8) is 0 Å². The first-order valence-corrected chi connectivity index (χ1v) is 5.97. The number of carbonyl (C=O) groups excluding carboxylic acids is 4. The van der Waals surface area contributed by atoms with Gasteiger partial charge in [0, 0.05) is 14.1 Å². The molecule has 4 rings (SSSR count). The van der Waals surface area contributed by atoms with Gasteiger partial charge < -0.3 is 0 Å². The number of hydrogen-bond donors (Lipinski definition) is 0. The third-order valence-electron chi connectivity index (χ3n) is 4.76. The normalized spacial score (nSPS) is 46.6. The average Bonchev–Trinajstić information content (AvgIpc) is 2.67. The van der Waals surface area contributed by atoms with Crippen LogP contribution in [-0.4, -0.2) is 59.1 Å². The Labute approximate surface area is 107 Å². The fourth-order valence-corrected chi connectivity index (χ4v) is 3.70. The largest absolute Gasteiger partial charge is 0.285 e. The van der Waals surface area contributed by atoms with Crippen LogP contribution in [-0.2, 0) is 19.2 Å². The Morgan fingerprint density at radius 3 is 1.89 bits per heavy atom. The summed E-state index contributed by atoms with van der Waals surface area (Å²) >= 11 is 0. The molecule has 1 saturated carbocycles. The van der Waals surface area contributed by atoms with Crippen LogP contribution in [0.15, 0.2) is 10.2 Å². The van der Waals surface area contributed by atoms with E-state index in [2.05, 4.69) is 10.2 Å². The summed E-state index contributed by atoms with van der Waals surface area (Å²) < 4.78 is 0. The smallest absolute Gasteiger partial charge is 0.256 e. The highest BCUT2D eigenvalue weighted by molar-refractivity contribution is 6.15. The number of imide groups is 2. The Morgan fingerprint density at radius 2 is 1.32 bits per heavy atom. The quantitative estimate of drug-likeness (QED) is 0.492. The fourth-order valence-electron chi connectivity index (χ4n) is 3.70. The van der Waals surface area contributed by atoms with Crippen LogP contribution < -0.4 is 0 Å². The fraction of sp³-hybridized carbons (Fsp3) is 0.636. The molecule has 1 spiro atoms. The number of hydrogen-bond acceptors (Lipinski definition) is 6. The zero-order valence-electron chi connectivity index (χ0n) is 10.2. The Bertz CT molecular complexity index is 590. The van der Waals surface area contributed by atoms with Crippen molar-refractivity contribution >= 4 is 23.6 Å². The number of azo groups is 1. The third kappa shape index (κ3) is 0.853. The van der Waals surface area contributed by atoms with E-state index >= 15 is 0 Å². The van der Waals surface area contributed by atoms with Crippen LogP contribution in [0.25, 0.3) is 0 Å². The zero-order chi connectivity index (χ0) is 13.7. The molecule has 0 aromatic carbocycles. The molecule has 0 bridgehead atoms. The Morgan fingerprint density at radius 1 is 0.842 bits per heavy atom. The summed E-state index contributed by atoms with van der Waals surface area (Å²) in [5, 5.41) is 7.87. The van der Waals surface area contributed by atoms with Crippen LogP contribution in [0.5, 0.6) is 0 Å². The van der Waals surface area contributed by atoms with Crippen LogP contribution in [0.3, 0.4) is 0 Å². The van der Waals surface area contributed by atoms with Gasteiger partial charge in [0.25, 0.3) is 5.91 Å². The van der Waals surface area contributed by atoms with Gasteiger partial charge in [-0.3, -0.25) is 29.0 Å². The van der Waals surface area contributed by atoms with Crippen molar-refractivity contribution in [1.29, 1.82) is 0 Å². The van der Waals surface area contributed by atoms with Crippen molar-refractivity contribution in [3.05, 3.63) is 0 Å². The number of piperidine rings is 1. The predicted octanol–water partition coefficient (Wildman–Crippen LogP) is -1.58. The van der Waals surface area contributed by atoms with E-state index in [1.165, 1.54) is 14.1 Å². The molecule has 19 heavy (non-hydrogen) atoms. The van der Waals surface area contributed by atoms with Gasteiger partial charge in [0.05, 0.1) is 11.8 Å². The standard InChI is InChI=1S/C11H10N4O4/c1-14-7(16)3-4(8(14)17)11(3)5-6(12-13-11)10(19)15(2)9(5)18/h3-6H,1-2H3. The number of fused-ring (bicyclic) bond motifs is 5. The van der Waals surface area contributed by atoms with E-state index in [-0.39, 0.29) is 11.8 Å². The molecule has 4 amide bonds. The van der Waals surface area contributed by atoms with Crippen molar-refractivity contribution in [3.8, 4) is 0 Å². The van der Waals surface area contributed by atoms with Gasteiger partial charge in [0.2, 0.25) is 17.7 Å². The molecule has 0 N–H and O–H groups in total. The monoisotopic (exact) mass is 262 g/mol. The number of likely N-dealkylation sites (N-methyl/N-ethyl adjacent to an activating group) is 1. The number of rotatable bonds is 0. The molecule has 2 saturated heterocycles. The first kappa shape index (κ1) is 10.8. The van der Waals surface area contributed by atoms with Gasteiger partial charge in [-0.2, -0.15) is 10.2 Å². The maximum atomic E-state index is 12.1. The van der Waals surface area contributed by atoms with E-state index < -0.39 is 41.1 Å².